The van der Waals surface area contributed by atoms with Crippen molar-refractivity contribution >= 4 is 17.7 Å². The van der Waals surface area contributed by atoms with E-state index >= 15 is 0 Å². The van der Waals surface area contributed by atoms with Gasteiger partial charge in [0, 0.05) is 11.8 Å². The number of aromatic nitrogens is 2. The molecule has 1 aromatic carbocycles. The van der Waals surface area contributed by atoms with Gasteiger partial charge in [0.1, 0.15) is 5.69 Å². The highest BCUT2D eigenvalue weighted by atomic mass is 32.2. The average Bonchev–Trinajstić information content (AvgIpc) is 3.05. The van der Waals surface area contributed by atoms with Crippen molar-refractivity contribution < 1.29 is 4.79 Å². The van der Waals surface area contributed by atoms with Gasteiger partial charge in [-0.05, 0) is 50.1 Å². The van der Waals surface area contributed by atoms with Crippen LogP contribution in [0.2, 0.25) is 0 Å². The molecule has 0 unspecified atom stereocenters. The van der Waals surface area contributed by atoms with Crippen molar-refractivity contribution in [3.05, 3.63) is 47.8 Å². The Hall–Kier alpha value is -1.75. The summed E-state index contributed by atoms with van der Waals surface area (Å²) in [5, 5.41) is 8.35. The molecule has 1 fully saturated rings. The first kappa shape index (κ1) is 18.1. The van der Waals surface area contributed by atoms with E-state index < -0.39 is 0 Å². The van der Waals surface area contributed by atoms with Crippen molar-refractivity contribution in [3.63, 3.8) is 0 Å². The smallest absolute Gasteiger partial charge is 0.270 e. The second-order valence-electron chi connectivity index (χ2n) is 6.66. The minimum Gasteiger partial charge on any atom is -0.351 e. The largest absolute Gasteiger partial charge is 0.351 e. The van der Waals surface area contributed by atoms with E-state index in [9.17, 15) is 4.79 Å². The molecule has 25 heavy (non-hydrogen) atoms. The molecule has 0 atom stereocenters. The number of nitrogens with zero attached hydrogens (tertiary/aromatic N) is 2. The quantitative estimate of drug-likeness (QED) is 0.749. The molecule has 1 N–H and O–H groups in total. The summed E-state index contributed by atoms with van der Waals surface area (Å²) in [7, 11) is 0. The van der Waals surface area contributed by atoms with Crippen LogP contribution < -0.4 is 5.32 Å². The molecule has 2 aromatic rings. The second kappa shape index (κ2) is 9.09. The van der Waals surface area contributed by atoms with Gasteiger partial charge in [0.05, 0.1) is 11.4 Å². The Kier molecular flexibility index (Phi) is 6.56. The molecule has 134 valence electrons. The third-order valence-corrected chi connectivity index (χ3v) is 6.04. The number of carbonyl (C=O) groups excluding carboxylic acids is 1. The lowest BCUT2D eigenvalue weighted by Gasteiger charge is -2.20. The molecule has 1 aromatic heterocycles. The van der Waals surface area contributed by atoms with Gasteiger partial charge in [-0.15, -0.1) is 0 Å². The van der Waals surface area contributed by atoms with E-state index in [0.29, 0.717) is 5.69 Å². The van der Waals surface area contributed by atoms with Gasteiger partial charge >= 0.3 is 0 Å². The van der Waals surface area contributed by atoms with Crippen molar-refractivity contribution in [2.24, 2.45) is 0 Å². The van der Waals surface area contributed by atoms with Crippen LogP contribution in [0.4, 0.5) is 0 Å². The molecule has 0 saturated heterocycles. The van der Waals surface area contributed by atoms with Gasteiger partial charge in [0.2, 0.25) is 0 Å². The van der Waals surface area contributed by atoms with Crippen LogP contribution in [0.1, 0.15) is 54.7 Å². The molecule has 1 heterocycles. The minimum absolute atomic E-state index is 0.0490. The minimum atomic E-state index is -0.0490. The van der Waals surface area contributed by atoms with E-state index in [1.165, 1.54) is 32.1 Å². The predicted octanol–water partition coefficient (Wildman–Crippen LogP) is 4.37. The van der Waals surface area contributed by atoms with Gasteiger partial charge in [0.25, 0.3) is 5.91 Å². The summed E-state index contributed by atoms with van der Waals surface area (Å²) in [4.78, 5) is 12.5. The van der Waals surface area contributed by atoms with E-state index in [1.54, 1.807) is 4.68 Å². The van der Waals surface area contributed by atoms with Gasteiger partial charge in [-0.2, -0.15) is 16.9 Å². The number of benzene rings is 1. The lowest BCUT2D eigenvalue weighted by molar-refractivity contribution is 0.0946. The molecule has 0 aliphatic heterocycles. The molecule has 1 amide bonds. The fourth-order valence-corrected chi connectivity index (χ4v) is 4.58. The summed E-state index contributed by atoms with van der Waals surface area (Å²) in [5.74, 6) is 1.08. The van der Waals surface area contributed by atoms with Crippen molar-refractivity contribution in [2.45, 2.75) is 50.7 Å². The van der Waals surface area contributed by atoms with Crippen LogP contribution in [0.25, 0.3) is 5.69 Å². The molecule has 0 spiro atoms. The SMILES string of the molecule is Cc1cc(C(=O)NCCCSC2CCCCC2)n(-c2ccccc2)n1. The van der Waals surface area contributed by atoms with Crippen LogP contribution in [0.5, 0.6) is 0 Å². The Balaban J connectivity index is 1.48. The highest BCUT2D eigenvalue weighted by Crippen LogP contribution is 2.28. The molecular weight excluding hydrogens is 330 g/mol. The summed E-state index contributed by atoms with van der Waals surface area (Å²) < 4.78 is 1.72. The number of carbonyl (C=O) groups is 1. The first-order valence-electron chi connectivity index (χ1n) is 9.26. The van der Waals surface area contributed by atoms with Crippen LogP contribution >= 0.6 is 11.8 Å². The van der Waals surface area contributed by atoms with Gasteiger partial charge in [-0.1, -0.05) is 37.5 Å². The van der Waals surface area contributed by atoms with Crippen LogP contribution in [-0.2, 0) is 0 Å². The molecule has 0 bridgehead atoms. The number of amides is 1. The molecule has 4 nitrogen and oxygen atoms in total. The summed E-state index contributed by atoms with van der Waals surface area (Å²) in [6.45, 7) is 2.63. The van der Waals surface area contributed by atoms with Gasteiger partial charge in [0.15, 0.2) is 0 Å². The van der Waals surface area contributed by atoms with Crippen LogP contribution in [0.15, 0.2) is 36.4 Å². The van der Waals surface area contributed by atoms with Gasteiger partial charge < -0.3 is 5.32 Å². The van der Waals surface area contributed by atoms with E-state index in [4.69, 9.17) is 0 Å². The number of rotatable bonds is 7. The van der Waals surface area contributed by atoms with Crippen molar-refractivity contribution in [1.29, 1.82) is 0 Å². The zero-order valence-corrected chi connectivity index (χ0v) is 15.7. The Morgan fingerprint density at radius 3 is 2.76 bits per heavy atom. The number of thioether (sulfide) groups is 1. The number of nitrogens with one attached hydrogen (secondary N) is 1. The maximum absolute atomic E-state index is 12.5. The lowest BCUT2D eigenvalue weighted by atomic mass is 10.0. The molecule has 0 radical (unpaired) electrons. The molecule has 1 aliphatic carbocycles. The highest BCUT2D eigenvalue weighted by Gasteiger charge is 2.15. The van der Waals surface area contributed by atoms with Crippen LogP contribution in [-0.4, -0.2) is 33.2 Å². The highest BCUT2D eigenvalue weighted by molar-refractivity contribution is 7.99. The monoisotopic (exact) mass is 357 g/mol. The van der Waals surface area contributed by atoms with E-state index in [0.717, 1.165) is 35.3 Å². The number of para-hydroxylation sites is 1. The van der Waals surface area contributed by atoms with Gasteiger partial charge in [-0.25, -0.2) is 4.68 Å². The Bertz CT molecular complexity index is 678. The summed E-state index contributed by atoms with van der Waals surface area (Å²) in [5.41, 5.74) is 2.36. The van der Waals surface area contributed by atoms with Crippen molar-refractivity contribution in [2.75, 3.05) is 12.3 Å². The number of aryl methyl sites for hydroxylation is 1. The standard InChI is InChI=1S/C20H27N3OS/c1-16-15-19(23(22-16)17-9-4-2-5-10-17)20(24)21-13-8-14-25-18-11-6-3-7-12-18/h2,4-5,9-10,15,18H,3,6-8,11-14H2,1H3,(H,21,24). The van der Waals surface area contributed by atoms with Crippen molar-refractivity contribution in [1.82, 2.24) is 15.1 Å². The zero-order chi connectivity index (χ0) is 17.5. The topological polar surface area (TPSA) is 46.9 Å². The molecule has 5 heteroatoms. The molecule has 1 saturated carbocycles. The van der Waals surface area contributed by atoms with Crippen LogP contribution in [0, 0.1) is 6.92 Å². The van der Waals surface area contributed by atoms with E-state index in [1.807, 2.05) is 43.3 Å². The summed E-state index contributed by atoms with van der Waals surface area (Å²) in [6, 6.07) is 11.6. The number of hydrogen-bond donors (Lipinski definition) is 1. The third kappa shape index (κ3) is 5.11. The average molecular weight is 358 g/mol. The zero-order valence-electron chi connectivity index (χ0n) is 14.9. The second-order valence-corrected chi connectivity index (χ2v) is 8.07. The van der Waals surface area contributed by atoms with E-state index in [2.05, 4.69) is 22.2 Å². The van der Waals surface area contributed by atoms with Gasteiger partial charge in [-0.3, -0.25) is 4.79 Å². The summed E-state index contributed by atoms with van der Waals surface area (Å²) >= 11 is 2.08. The Morgan fingerprint density at radius 1 is 1.24 bits per heavy atom. The third-order valence-electron chi connectivity index (χ3n) is 4.58. The lowest BCUT2D eigenvalue weighted by Crippen LogP contribution is -2.27. The van der Waals surface area contributed by atoms with Crippen LogP contribution in [0.3, 0.4) is 0 Å². The van der Waals surface area contributed by atoms with Crippen molar-refractivity contribution in [3.8, 4) is 5.69 Å². The maximum Gasteiger partial charge on any atom is 0.270 e. The fraction of sp³-hybridized carbons (Fsp3) is 0.500. The number of hydrogen-bond acceptors (Lipinski definition) is 3. The normalized spacial score (nSPS) is 15.2. The first-order chi connectivity index (χ1) is 12.2. The Morgan fingerprint density at radius 2 is 2.00 bits per heavy atom. The molecule has 1 aliphatic rings. The Labute approximate surface area is 154 Å². The van der Waals surface area contributed by atoms with E-state index in [-0.39, 0.29) is 5.91 Å². The first-order valence-corrected chi connectivity index (χ1v) is 10.3. The fourth-order valence-electron chi connectivity index (χ4n) is 3.27. The molecular formula is C20H27N3OS. The maximum atomic E-state index is 12.5. The predicted molar refractivity (Wildman–Crippen MR) is 105 cm³/mol. The molecule has 3 rings (SSSR count). The summed E-state index contributed by atoms with van der Waals surface area (Å²) in [6.07, 6.45) is 7.93.